The molecular formula is C26H34N4O4. The van der Waals surface area contributed by atoms with Crippen molar-refractivity contribution in [3.8, 4) is 0 Å². The number of carbonyl (C=O) groups excluding carboxylic acids is 3. The van der Waals surface area contributed by atoms with E-state index in [9.17, 15) is 14.4 Å². The number of nitrogens with two attached hydrogens (primary N) is 1. The summed E-state index contributed by atoms with van der Waals surface area (Å²) >= 11 is 0. The predicted octanol–water partition coefficient (Wildman–Crippen LogP) is 2.82. The monoisotopic (exact) mass is 466 g/mol. The molecule has 34 heavy (non-hydrogen) atoms. The highest BCUT2D eigenvalue weighted by Crippen LogP contribution is 2.19. The van der Waals surface area contributed by atoms with Crippen LogP contribution in [-0.2, 0) is 20.7 Å². The van der Waals surface area contributed by atoms with E-state index in [1.807, 2.05) is 45.0 Å². The van der Waals surface area contributed by atoms with Crippen LogP contribution in [0.4, 0.5) is 11.4 Å². The molecule has 8 nitrogen and oxygen atoms in total. The molecule has 1 unspecified atom stereocenters. The summed E-state index contributed by atoms with van der Waals surface area (Å²) in [7, 11) is 0. The number of esters is 1. The summed E-state index contributed by atoms with van der Waals surface area (Å²) < 4.78 is 5.34. The maximum absolute atomic E-state index is 12.6. The van der Waals surface area contributed by atoms with Gasteiger partial charge < -0.3 is 20.7 Å². The Hall–Kier alpha value is -3.23. The van der Waals surface area contributed by atoms with Crippen molar-refractivity contribution in [2.45, 2.75) is 45.8 Å². The van der Waals surface area contributed by atoms with Gasteiger partial charge in [-0.3, -0.25) is 14.5 Å². The fraction of sp³-hybridized carbons (Fsp3) is 0.423. The summed E-state index contributed by atoms with van der Waals surface area (Å²) in [5.74, 6) is -0.644. The van der Waals surface area contributed by atoms with E-state index < -0.39 is 17.6 Å². The maximum atomic E-state index is 12.6. The van der Waals surface area contributed by atoms with Gasteiger partial charge in [-0.05, 0) is 75.7 Å². The van der Waals surface area contributed by atoms with Crippen LogP contribution < -0.4 is 16.0 Å². The van der Waals surface area contributed by atoms with Gasteiger partial charge in [0.15, 0.2) is 0 Å². The summed E-state index contributed by atoms with van der Waals surface area (Å²) in [6.07, 6.45) is 0.361. The normalized spacial score (nSPS) is 15.7. The summed E-state index contributed by atoms with van der Waals surface area (Å²) in [5.41, 5.74) is 8.27. The second-order valence-electron chi connectivity index (χ2n) is 9.46. The molecule has 0 saturated carbocycles. The Morgan fingerprint density at radius 1 is 1.06 bits per heavy atom. The number of hydrogen-bond donors (Lipinski definition) is 2. The van der Waals surface area contributed by atoms with Crippen LogP contribution in [0.25, 0.3) is 0 Å². The van der Waals surface area contributed by atoms with Crippen LogP contribution in [0.3, 0.4) is 0 Å². The first kappa shape index (κ1) is 25.4. The molecule has 3 N–H and O–H groups in total. The molecule has 1 fully saturated rings. The van der Waals surface area contributed by atoms with Crippen molar-refractivity contribution in [1.29, 1.82) is 0 Å². The quantitative estimate of drug-likeness (QED) is 0.608. The average molecular weight is 467 g/mol. The lowest BCUT2D eigenvalue weighted by molar-refractivity contribution is -0.121. The van der Waals surface area contributed by atoms with Gasteiger partial charge in [0.05, 0.1) is 18.2 Å². The Morgan fingerprint density at radius 2 is 1.71 bits per heavy atom. The Kier molecular flexibility index (Phi) is 8.06. The summed E-state index contributed by atoms with van der Waals surface area (Å²) in [6.45, 7) is 10.3. The second kappa shape index (κ2) is 10.8. The van der Waals surface area contributed by atoms with E-state index in [1.54, 1.807) is 29.2 Å². The smallest absolute Gasteiger partial charge is 0.338 e. The Bertz CT molecular complexity index is 1010. The lowest BCUT2D eigenvalue weighted by Crippen LogP contribution is -2.50. The Morgan fingerprint density at radius 3 is 2.26 bits per heavy atom. The van der Waals surface area contributed by atoms with Crippen molar-refractivity contribution >= 4 is 29.2 Å². The van der Waals surface area contributed by atoms with Gasteiger partial charge in [0.1, 0.15) is 5.60 Å². The minimum Gasteiger partial charge on any atom is -0.456 e. The second-order valence-corrected chi connectivity index (χ2v) is 9.46. The highest BCUT2D eigenvalue weighted by Gasteiger charge is 2.24. The van der Waals surface area contributed by atoms with Crippen molar-refractivity contribution in [2.75, 3.05) is 36.4 Å². The molecular weight excluding hydrogens is 432 g/mol. The molecule has 1 heterocycles. The van der Waals surface area contributed by atoms with Crippen molar-refractivity contribution in [3.63, 3.8) is 0 Å². The Labute approximate surface area is 201 Å². The number of amides is 2. The number of nitrogens with zero attached hydrogens (tertiary/aromatic N) is 2. The van der Waals surface area contributed by atoms with Crippen molar-refractivity contribution < 1.29 is 19.1 Å². The molecule has 182 valence electrons. The average Bonchev–Trinajstić information content (AvgIpc) is 2.79. The lowest BCUT2D eigenvalue weighted by Gasteiger charge is -2.33. The zero-order valence-electron chi connectivity index (χ0n) is 20.3. The largest absolute Gasteiger partial charge is 0.456 e. The van der Waals surface area contributed by atoms with E-state index in [2.05, 4.69) is 17.1 Å². The van der Waals surface area contributed by atoms with Crippen molar-refractivity contribution in [3.05, 3.63) is 59.7 Å². The van der Waals surface area contributed by atoms with Gasteiger partial charge in [-0.25, -0.2) is 4.79 Å². The molecule has 1 aliphatic heterocycles. The number of carbonyl (C=O) groups is 3. The molecule has 0 spiro atoms. The molecule has 0 aliphatic carbocycles. The van der Waals surface area contributed by atoms with Crippen molar-refractivity contribution in [2.24, 2.45) is 5.73 Å². The molecule has 8 heteroatoms. The number of ether oxygens (including phenoxy) is 1. The molecule has 2 amide bonds. The fourth-order valence-corrected chi connectivity index (χ4v) is 3.69. The maximum Gasteiger partial charge on any atom is 0.338 e. The zero-order chi connectivity index (χ0) is 24.9. The first-order valence-corrected chi connectivity index (χ1v) is 11.6. The lowest BCUT2D eigenvalue weighted by atomic mass is 10.0. The first-order chi connectivity index (χ1) is 16.1. The SMILES string of the molecule is CCN1CCN(c2ccc(CC(N)C(=O)Nc3ccc(C(=O)OC(C)(C)C)cc3)cc2)C(=O)C1. The molecule has 0 aromatic heterocycles. The third kappa shape index (κ3) is 6.88. The van der Waals surface area contributed by atoms with Crippen LogP contribution >= 0.6 is 0 Å². The van der Waals surface area contributed by atoms with Gasteiger partial charge in [-0.2, -0.15) is 0 Å². The van der Waals surface area contributed by atoms with E-state index in [4.69, 9.17) is 10.5 Å². The summed E-state index contributed by atoms with van der Waals surface area (Å²) in [6, 6.07) is 13.4. The highest BCUT2D eigenvalue weighted by molar-refractivity contribution is 5.96. The number of anilines is 2. The van der Waals surface area contributed by atoms with Gasteiger partial charge in [0.2, 0.25) is 11.8 Å². The van der Waals surface area contributed by atoms with Crippen LogP contribution in [-0.4, -0.2) is 60.5 Å². The topological polar surface area (TPSA) is 105 Å². The van der Waals surface area contributed by atoms with Crippen LogP contribution in [0.15, 0.2) is 48.5 Å². The van der Waals surface area contributed by atoms with Crippen LogP contribution in [0.5, 0.6) is 0 Å². The van der Waals surface area contributed by atoms with Gasteiger partial charge in [-0.1, -0.05) is 19.1 Å². The van der Waals surface area contributed by atoms with Gasteiger partial charge in [0.25, 0.3) is 0 Å². The zero-order valence-corrected chi connectivity index (χ0v) is 20.3. The van der Waals surface area contributed by atoms with Gasteiger partial charge >= 0.3 is 5.97 Å². The van der Waals surface area contributed by atoms with Gasteiger partial charge in [-0.15, -0.1) is 0 Å². The fourth-order valence-electron chi connectivity index (χ4n) is 3.69. The number of likely N-dealkylation sites (N-methyl/N-ethyl adjacent to an activating group) is 1. The molecule has 0 bridgehead atoms. The van der Waals surface area contributed by atoms with E-state index >= 15 is 0 Å². The summed E-state index contributed by atoms with van der Waals surface area (Å²) in [5, 5.41) is 2.78. The summed E-state index contributed by atoms with van der Waals surface area (Å²) in [4.78, 5) is 41.0. The molecule has 2 aromatic carbocycles. The third-order valence-electron chi connectivity index (χ3n) is 5.57. The Balaban J connectivity index is 1.53. The van der Waals surface area contributed by atoms with E-state index in [0.717, 1.165) is 24.3 Å². The highest BCUT2D eigenvalue weighted by atomic mass is 16.6. The van der Waals surface area contributed by atoms with Crippen LogP contribution in [0.2, 0.25) is 0 Å². The van der Waals surface area contributed by atoms with Crippen LogP contribution in [0.1, 0.15) is 43.6 Å². The predicted molar refractivity (Wildman–Crippen MR) is 133 cm³/mol. The van der Waals surface area contributed by atoms with E-state index in [1.165, 1.54) is 0 Å². The van der Waals surface area contributed by atoms with Crippen LogP contribution in [0, 0.1) is 0 Å². The number of benzene rings is 2. The van der Waals surface area contributed by atoms with E-state index in [0.29, 0.717) is 30.8 Å². The third-order valence-corrected chi connectivity index (χ3v) is 5.57. The number of hydrogen-bond acceptors (Lipinski definition) is 6. The first-order valence-electron chi connectivity index (χ1n) is 11.6. The number of nitrogens with one attached hydrogen (secondary N) is 1. The number of piperazine rings is 1. The molecule has 0 radical (unpaired) electrons. The minimum absolute atomic E-state index is 0.0922. The van der Waals surface area contributed by atoms with Gasteiger partial charge in [0, 0.05) is 24.5 Å². The van der Waals surface area contributed by atoms with Crippen molar-refractivity contribution in [1.82, 2.24) is 4.90 Å². The number of rotatable bonds is 7. The van der Waals surface area contributed by atoms with E-state index in [-0.39, 0.29) is 11.8 Å². The molecule has 3 rings (SSSR count). The molecule has 1 aliphatic rings. The minimum atomic E-state index is -0.744. The standard InChI is InChI=1S/C26H34N4O4/c1-5-29-14-15-30(23(31)17-29)21-12-6-18(7-13-21)16-22(27)24(32)28-20-10-8-19(9-11-20)25(33)34-26(2,3)4/h6-13,22H,5,14-17,27H2,1-4H3,(H,28,32). The molecule has 2 aromatic rings. The molecule has 1 atom stereocenters. The molecule has 1 saturated heterocycles.